The molecule has 1 rings (SSSR count). The Bertz CT molecular complexity index is 352. The van der Waals surface area contributed by atoms with Gasteiger partial charge in [-0.2, -0.15) is 0 Å². The predicted octanol–water partition coefficient (Wildman–Crippen LogP) is 4.72. The number of benzene rings is 1. The molecule has 0 spiro atoms. The third-order valence-electron chi connectivity index (χ3n) is 2.51. The standard InChI is InChI=1S/C14H21ClO/c1-10-6-7-13(16-5)11(8-10)12(15)9-14(2,3)4/h6-8,12H,9H2,1-5H3. The number of alkyl halides is 1. The van der Waals surface area contributed by atoms with Crippen LogP contribution in [0.5, 0.6) is 5.75 Å². The summed E-state index contributed by atoms with van der Waals surface area (Å²) in [5, 5.41) is 0.00912. The Morgan fingerprint density at radius 3 is 2.44 bits per heavy atom. The van der Waals surface area contributed by atoms with E-state index >= 15 is 0 Å². The normalized spacial score (nSPS) is 13.6. The van der Waals surface area contributed by atoms with Gasteiger partial charge in [-0.05, 0) is 24.8 Å². The molecule has 0 aliphatic carbocycles. The van der Waals surface area contributed by atoms with Crippen LogP contribution in [0.15, 0.2) is 18.2 Å². The summed E-state index contributed by atoms with van der Waals surface area (Å²) < 4.78 is 5.35. The fourth-order valence-corrected chi connectivity index (χ4v) is 2.38. The summed E-state index contributed by atoms with van der Waals surface area (Å²) in [7, 11) is 1.69. The molecule has 0 bridgehead atoms. The fraction of sp³-hybridized carbons (Fsp3) is 0.571. The molecule has 1 nitrogen and oxygen atoms in total. The first kappa shape index (κ1) is 13.4. The highest BCUT2D eigenvalue weighted by atomic mass is 35.5. The van der Waals surface area contributed by atoms with Crippen molar-refractivity contribution in [2.24, 2.45) is 5.41 Å². The average molecular weight is 241 g/mol. The molecule has 90 valence electrons. The zero-order valence-electron chi connectivity index (χ0n) is 10.8. The molecule has 2 heteroatoms. The lowest BCUT2D eigenvalue weighted by atomic mass is 9.88. The first-order chi connectivity index (χ1) is 7.33. The Hall–Kier alpha value is -0.690. The van der Waals surface area contributed by atoms with Crippen molar-refractivity contribution in [1.29, 1.82) is 0 Å². The van der Waals surface area contributed by atoms with Gasteiger partial charge in [-0.15, -0.1) is 11.6 Å². The summed E-state index contributed by atoms with van der Waals surface area (Å²) >= 11 is 6.47. The van der Waals surface area contributed by atoms with E-state index in [1.54, 1.807) is 7.11 Å². The van der Waals surface area contributed by atoms with E-state index < -0.39 is 0 Å². The van der Waals surface area contributed by atoms with Crippen LogP contribution in [-0.2, 0) is 0 Å². The SMILES string of the molecule is COc1ccc(C)cc1C(Cl)CC(C)(C)C. The zero-order chi connectivity index (χ0) is 12.3. The van der Waals surface area contributed by atoms with Crippen LogP contribution >= 0.6 is 11.6 Å². The maximum Gasteiger partial charge on any atom is 0.123 e. The monoisotopic (exact) mass is 240 g/mol. The van der Waals surface area contributed by atoms with Gasteiger partial charge < -0.3 is 4.74 Å². The van der Waals surface area contributed by atoms with Gasteiger partial charge in [-0.25, -0.2) is 0 Å². The van der Waals surface area contributed by atoms with Crippen molar-refractivity contribution < 1.29 is 4.74 Å². The topological polar surface area (TPSA) is 9.23 Å². The quantitative estimate of drug-likeness (QED) is 0.695. The van der Waals surface area contributed by atoms with Crippen LogP contribution in [0.2, 0.25) is 0 Å². The number of hydrogen-bond acceptors (Lipinski definition) is 1. The van der Waals surface area contributed by atoms with Crippen LogP contribution in [-0.4, -0.2) is 7.11 Å². The third kappa shape index (κ3) is 3.71. The largest absolute Gasteiger partial charge is 0.496 e. The lowest BCUT2D eigenvalue weighted by Crippen LogP contribution is -2.09. The van der Waals surface area contributed by atoms with E-state index in [0.29, 0.717) is 0 Å². The average Bonchev–Trinajstić information content (AvgIpc) is 2.15. The Labute approximate surface area is 104 Å². The van der Waals surface area contributed by atoms with Gasteiger partial charge in [0.2, 0.25) is 0 Å². The van der Waals surface area contributed by atoms with Crippen LogP contribution in [0.25, 0.3) is 0 Å². The number of hydrogen-bond donors (Lipinski definition) is 0. The molecule has 0 aliphatic heterocycles. The van der Waals surface area contributed by atoms with Crippen molar-refractivity contribution in [3.8, 4) is 5.75 Å². The molecule has 1 unspecified atom stereocenters. The predicted molar refractivity (Wildman–Crippen MR) is 70.4 cm³/mol. The van der Waals surface area contributed by atoms with Gasteiger partial charge >= 0.3 is 0 Å². The second-order valence-corrected chi connectivity index (χ2v) is 6.00. The smallest absolute Gasteiger partial charge is 0.123 e. The molecule has 0 N–H and O–H groups in total. The highest BCUT2D eigenvalue weighted by molar-refractivity contribution is 6.21. The highest BCUT2D eigenvalue weighted by Gasteiger charge is 2.20. The molecule has 1 aromatic carbocycles. The Morgan fingerprint density at radius 2 is 1.94 bits per heavy atom. The molecule has 0 saturated heterocycles. The number of rotatable bonds is 3. The minimum absolute atomic E-state index is 0.00912. The molecule has 0 fully saturated rings. The molecule has 0 aromatic heterocycles. The van der Waals surface area contributed by atoms with Crippen molar-refractivity contribution in [1.82, 2.24) is 0 Å². The Morgan fingerprint density at radius 1 is 1.31 bits per heavy atom. The molecule has 1 atom stereocenters. The molecule has 0 heterocycles. The van der Waals surface area contributed by atoms with Gasteiger partial charge in [0.05, 0.1) is 12.5 Å². The summed E-state index contributed by atoms with van der Waals surface area (Å²) in [5.41, 5.74) is 2.54. The van der Waals surface area contributed by atoms with Crippen molar-refractivity contribution in [3.05, 3.63) is 29.3 Å². The van der Waals surface area contributed by atoms with Crippen molar-refractivity contribution in [2.75, 3.05) is 7.11 Å². The van der Waals surface area contributed by atoms with Crippen LogP contribution in [0.3, 0.4) is 0 Å². The van der Waals surface area contributed by atoms with E-state index in [9.17, 15) is 0 Å². The van der Waals surface area contributed by atoms with Gasteiger partial charge in [0.1, 0.15) is 5.75 Å². The molecule has 0 amide bonds. The number of ether oxygens (including phenoxy) is 1. The summed E-state index contributed by atoms with van der Waals surface area (Å²) in [6.07, 6.45) is 0.939. The maximum atomic E-state index is 6.47. The van der Waals surface area contributed by atoms with Crippen molar-refractivity contribution in [3.63, 3.8) is 0 Å². The van der Waals surface area contributed by atoms with Crippen LogP contribution < -0.4 is 4.74 Å². The van der Waals surface area contributed by atoms with Crippen molar-refractivity contribution in [2.45, 2.75) is 39.5 Å². The van der Waals surface area contributed by atoms with E-state index in [0.717, 1.165) is 17.7 Å². The molecule has 1 aromatic rings. The summed E-state index contributed by atoms with van der Waals surface area (Å²) in [5.74, 6) is 0.884. The van der Waals surface area contributed by atoms with Crippen LogP contribution in [0.4, 0.5) is 0 Å². The van der Waals surface area contributed by atoms with Gasteiger partial charge in [-0.1, -0.05) is 38.5 Å². The van der Waals surface area contributed by atoms with E-state index in [1.165, 1.54) is 5.56 Å². The van der Waals surface area contributed by atoms with Crippen molar-refractivity contribution >= 4 is 11.6 Å². The zero-order valence-corrected chi connectivity index (χ0v) is 11.6. The molecule has 16 heavy (non-hydrogen) atoms. The fourth-order valence-electron chi connectivity index (χ4n) is 1.75. The Kier molecular flexibility index (Phi) is 4.26. The van der Waals surface area contributed by atoms with E-state index in [4.69, 9.17) is 16.3 Å². The lowest BCUT2D eigenvalue weighted by molar-refractivity contribution is 0.363. The lowest BCUT2D eigenvalue weighted by Gasteiger charge is -2.23. The number of halogens is 1. The van der Waals surface area contributed by atoms with Gasteiger partial charge in [0, 0.05) is 5.56 Å². The summed E-state index contributed by atoms with van der Waals surface area (Å²) in [6.45, 7) is 8.67. The van der Waals surface area contributed by atoms with E-state index in [-0.39, 0.29) is 10.8 Å². The first-order valence-corrected chi connectivity index (χ1v) is 6.06. The van der Waals surface area contributed by atoms with Gasteiger partial charge in [-0.3, -0.25) is 0 Å². The van der Waals surface area contributed by atoms with E-state index in [1.807, 2.05) is 12.1 Å². The highest BCUT2D eigenvalue weighted by Crippen LogP contribution is 2.38. The maximum absolute atomic E-state index is 6.47. The molecular weight excluding hydrogens is 220 g/mol. The minimum Gasteiger partial charge on any atom is -0.496 e. The second-order valence-electron chi connectivity index (χ2n) is 5.48. The number of aryl methyl sites for hydroxylation is 1. The van der Waals surface area contributed by atoms with Crippen LogP contribution in [0.1, 0.15) is 43.7 Å². The van der Waals surface area contributed by atoms with Crippen LogP contribution in [0, 0.1) is 12.3 Å². The van der Waals surface area contributed by atoms with E-state index in [2.05, 4.69) is 33.8 Å². The molecule has 0 saturated carbocycles. The third-order valence-corrected chi connectivity index (χ3v) is 2.90. The summed E-state index contributed by atoms with van der Waals surface area (Å²) in [6, 6.07) is 6.15. The van der Waals surface area contributed by atoms with Gasteiger partial charge in [0.25, 0.3) is 0 Å². The minimum atomic E-state index is 0.00912. The Balaban J connectivity index is 2.97. The first-order valence-electron chi connectivity index (χ1n) is 5.62. The molecule has 0 radical (unpaired) electrons. The van der Waals surface area contributed by atoms with Gasteiger partial charge in [0.15, 0.2) is 0 Å². The molecular formula is C14H21ClO. The molecule has 0 aliphatic rings. The number of methoxy groups -OCH3 is 1. The second kappa shape index (κ2) is 5.09. The summed E-state index contributed by atoms with van der Waals surface area (Å²) in [4.78, 5) is 0.